The number of rotatable bonds is 5. The minimum absolute atomic E-state index is 0.0775. The zero-order valence-electron chi connectivity index (χ0n) is 10.4. The number of carbonyl (C=O) groups is 1. The molecule has 0 saturated carbocycles. The Morgan fingerprint density at radius 1 is 1.35 bits per heavy atom. The molecule has 1 aromatic rings. The molecule has 0 heterocycles. The summed E-state index contributed by atoms with van der Waals surface area (Å²) in [5.74, 6) is -3.09. The number of esters is 1. The average Bonchev–Trinajstić information content (AvgIpc) is 2.30. The molecule has 0 radical (unpaired) electrons. The second kappa shape index (κ2) is 6.65. The molecule has 8 heteroatoms. The molecule has 0 amide bonds. The van der Waals surface area contributed by atoms with Crippen molar-refractivity contribution >= 4 is 5.97 Å². The van der Waals surface area contributed by atoms with Gasteiger partial charge in [-0.1, -0.05) is 6.07 Å². The summed E-state index contributed by atoms with van der Waals surface area (Å²) in [5.41, 5.74) is -0.408. The number of hydrogen-bond donors (Lipinski definition) is 1. The Bertz CT molecular complexity index is 475. The van der Waals surface area contributed by atoms with E-state index in [1.54, 1.807) is 0 Å². The summed E-state index contributed by atoms with van der Waals surface area (Å²) < 4.78 is 67.4. The van der Waals surface area contributed by atoms with Crippen molar-refractivity contribution in [3.63, 3.8) is 0 Å². The predicted molar refractivity (Wildman–Crippen MR) is 59.8 cm³/mol. The number of hydrogen-bond acceptors (Lipinski definition) is 3. The van der Waals surface area contributed by atoms with Crippen LogP contribution in [0.25, 0.3) is 0 Å². The summed E-state index contributed by atoms with van der Waals surface area (Å²) in [7, 11) is 0. The summed E-state index contributed by atoms with van der Waals surface area (Å²) in [5, 5.41) is 1.86. The molecule has 1 rings (SSSR count). The molecular formula is C12H12F5NO2. The van der Waals surface area contributed by atoms with Crippen molar-refractivity contribution in [3.8, 4) is 0 Å². The molecular weight excluding hydrogens is 285 g/mol. The molecule has 112 valence electrons. The molecule has 0 aliphatic rings. The molecule has 0 aliphatic carbocycles. The summed E-state index contributed by atoms with van der Waals surface area (Å²) in [4.78, 5) is 11.6. The lowest BCUT2D eigenvalue weighted by atomic mass is 10.1. The first-order valence-electron chi connectivity index (χ1n) is 5.66. The molecule has 20 heavy (non-hydrogen) atoms. The minimum atomic E-state index is -4.58. The van der Waals surface area contributed by atoms with Gasteiger partial charge in [-0.25, -0.2) is 13.6 Å². The van der Waals surface area contributed by atoms with E-state index >= 15 is 0 Å². The van der Waals surface area contributed by atoms with Crippen molar-refractivity contribution < 1.29 is 31.5 Å². The van der Waals surface area contributed by atoms with Gasteiger partial charge in [-0.05, 0) is 13.0 Å². The highest BCUT2D eigenvalue weighted by Crippen LogP contribution is 2.22. The molecule has 1 aromatic carbocycles. The van der Waals surface area contributed by atoms with Gasteiger partial charge in [0.15, 0.2) is 0 Å². The van der Waals surface area contributed by atoms with E-state index in [4.69, 9.17) is 0 Å². The van der Waals surface area contributed by atoms with Gasteiger partial charge in [0.25, 0.3) is 0 Å². The molecule has 1 atom stereocenters. The van der Waals surface area contributed by atoms with Crippen LogP contribution in [0.1, 0.15) is 18.5 Å². The van der Waals surface area contributed by atoms with Crippen LogP contribution in [-0.2, 0) is 9.53 Å². The fourth-order valence-electron chi connectivity index (χ4n) is 1.50. The Morgan fingerprint density at radius 2 is 2.00 bits per heavy atom. The topological polar surface area (TPSA) is 38.3 Å². The summed E-state index contributed by atoms with van der Waals surface area (Å²) >= 11 is 0. The molecule has 0 fully saturated rings. The van der Waals surface area contributed by atoms with Crippen LogP contribution in [0, 0.1) is 11.6 Å². The van der Waals surface area contributed by atoms with Crippen LogP contribution >= 0.6 is 0 Å². The third-order valence-corrected chi connectivity index (χ3v) is 2.30. The smallest absolute Gasteiger partial charge is 0.401 e. The van der Waals surface area contributed by atoms with Crippen molar-refractivity contribution in [2.75, 3.05) is 13.2 Å². The van der Waals surface area contributed by atoms with Gasteiger partial charge in [-0.2, -0.15) is 13.2 Å². The van der Waals surface area contributed by atoms with Gasteiger partial charge in [-0.3, -0.25) is 5.32 Å². The molecule has 0 bridgehead atoms. The van der Waals surface area contributed by atoms with Gasteiger partial charge in [0.2, 0.25) is 0 Å². The van der Waals surface area contributed by atoms with E-state index in [1.807, 2.05) is 5.32 Å². The fourth-order valence-corrected chi connectivity index (χ4v) is 1.50. The van der Waals surface area contributed by atoms with E-state index in [9.17, 15) is 26.7 Å². The molecule has 0 spiro atoms. The van der Waals surface area contributed by atoms with Gasteiger partial charge in [0.05, 0.1) is 13.2 Å². The van der Waals surface area contributed by atoms with Crippen molar-refractivity contribution in [3.05, 3.63) is 35.4 Å². The second-order valence-electron chi connectivity index (χ2n) is 3.85. The van der Waals surface area contributed by atoms with Crippen LogP contribution in [0.15, 0.2) is 18.2 Å². The highest BCUT2D eigenvalue weighted by Gasteiger charge is 2.32. The monoisotopic (exact) mass is 297 g/mol. The van der Waals surface area contributed by atoms with Gasteiger partial charge < -0.3 is 4.74 Å². The molecule has 1 N–H and O–H groups in total. The van der Waals surface area contributed by atoms with Crippen LogP contribution in [0.2, 0.25) is 0 Å². The summed E-state index contributed by atoms with van der Waals surface area (Å²) in [6.45, 7) is -0.126. The maximum atomic E-state index is 13.6. The predicted octanol–water partition coefficient (Wildman–Crippen LogP) is 2.72. The SMILES string of the molecule is CCOC(=O)C(NCC(F)(F)F)c1ccc(F)cc1F. The molecule has 1 unspecified atom stereocenters. The van der Waals surface area contributed by atoms with Gasteiger partial charge >= 0.3 is 12.1 Å². The Morgan fingerprint density at radius 3 is 2.50 bits per heavy atom. The Hall–Kier alpha value is -1.70. The van der Waals surface area contributed by atoms with E-state index in [0.29, 0.717) is 6.07 Å². The Balaban J connectivity index is 3.00. The van der Waals surface area contributed by atoms with E-state index < -0.39 is 41.9 Å². The number of alkyl halides is 3. The molecule has 3 nitrogen and oxygen atoms in total. The van der Waals surface area contributed by atoms with E-state index in [0.717, 1.165) is 12.1 Å². The number of carbonyl (C=O) groups excluding carboxylic acids is 1. The number of ether oxygens (including phenoxy) is 1. The lowest BCUT2D eigenvalue weighted by Gasteiger charge is -2.19. The van der Waals surface area contributed by atoms with Gasteiger partial charge in [0, 0.05) is 11.6 Å². The molecule has 0 aromatic heterocycles. The van der Waals surface area contributed by atoms with Crippen LogP contribution < -0.4 is 5.32 Å². The second-order valence-corrected chi connectivity index (χ2v) is 3.85. The lowest BCUT2D eigenvalue weighted by Crippen LogP contribution is -2.37. The quantitative estimate of drug-likeness (QED) is 0.671. The fraction of sp³-hybridized carbons (Fsp3) is 0.417. The zero-order chi connectivity index (χ0) is 15.3. The van der Waals surface area contributed by atoms with E-state index in [1.165, 1.54) is 6.92 Å². The molecule has 0 saturated heterocycles. The largest absolute Gasteiger partial charge is 0.465 e. The average molecular weight is 297 g/mol. The first-order valence-corrected chi connectivity index (χ1v) is 5.66. The van der Waals surface area contributed by atoms with Crippen molar-refractivity contribution in [2.24, 2.45) is 0 Å². The van der Waals surface area contributed by atoms with Gasteiger partial charge in [0.1, 0.15) is 17.7 Å². The van der Waals surface area contributed by atoms with Gasteiger partial charge in [-0.15, -0.1) is 0 Å². The number of benzene rings is 1. The number of halogens is 5. The van der Waals surface area contributed by atoms with Crippen LogP contribution in [0.3, 0.4) is 0 Å². The summed E-state index contributed by atoms with van der Waals surface area (Å²) in [6, 6.07) is 0.573. The standard InChI is InChI=1S/C12H12F5NO2/c1-2-20-11(19)10(18-6-12(15,16)17)8-4-3-7(13)5-9(8)14/h3-5,10,18H,2,6H2,1H3. The maximum absolute atomic E-state index is 13.6. The minimum Gasteiger partial charge on any atom is -0.465 e. The number of nitrogens with one attached hydrogen (secondary N) is 1. The Labute approximate surface area is 111 Å². The highest BCUT2D eigenvalue weighted by molar-refractivity contribution is 5.77. The first kappa shape index (κ1) is 16.4. The van der Waals surface area contributed by atoms with Crippen LogP contribution in [0.4, 0.5) is 22.0 Å². The first-order chi connectivity index (χ1) is 9.24. The molecule has 0 aliphatic heterocycles. The van der Waals surface area contributed by atoms with Crippen LogP contribution in [0.5, 0.6) is 0 Å². The van der Waals surface area contributed by atoms with E-state index in [-0.39, 0.29) is 6.61 Å². The third kappa shape index (κ3) is 4.76. The van der Waals surface area contributed by atoms with Crippen molar-refractivity contribution in [1.29, 1.82) is 0 Å². The normalized spacial score (nSPS) is 13.1. The zero-order valence-corrected chi connectivity index (χ0v) is 10.4. The third-order valence-electron chi connectivity index (χ3n) is 2.30. The lowest BCUT2D eigenvalue weighted by molar-refractivity contribution is -0.149. The van der Waals surface area contributed by atoms with Crippen molar-refractivity contribution in [1.82, 2.24) is 5.32 Å². The van der Waals surface area contributed by atoms with Crippen LogP contribution in [-0.4, -0.2) is 25.3 Å². The Kier molecular flexibility index (Phi) is 5.43. The highest BCUT2D eigenvalue weighted by atomic mass is 19.4. The summed E-state index contributed by atoms with van der Waals surface area (Å²) in [6.07, 6.45) is -4.58. The van der Waals surface area contributed by atoms with E-state index in [2.05, 4.69) is 4.74 Å². The van der Waals surface area contributed by atoms with Crippen molar-refractivity contribution in [2.45, 2.75) is 19.1 Å². The maximum Gasteiger partial charge on any atom is 0.401 e.